The highest BCUT2D eigenvalue weighted by atomic mass is 127. The summed E-state index contributed by atoms with van der Waals surface area (Å²) in [5.74, 6) is 0.588. The number of nitrogens with one attached hydrogen (secondary N) is 2. The molecule has 1 unspecified atom stereocenters. The fourth-order valence-electron chi connectivity index (χ4n) is 1.53. The van der Waals surface area contributed by atoms with E-state index in [9.17, 15) is 0 Å². The van der Waals surface area contributed by atoms with Gasteiger partial charge in [0.15, 0.2) is 0 Å². The monoisotopic (exact) mass is 358 g/mol. The van der Waals surface area contributed by atoms with Crippen LogP contribution in [0.3, 0.4) is 0 Å². The number of rotatable bonds is 5. The van der Waals surface area contributed by atoms with E-state index in [1.165, 1.54) is 0 Å². The van der Waals surface area contributed by atoms with Crippen LogP contribution in [0.1, 0.15) is 25.8 Å². The number of nitrogens with zero attached hydrogens (tertiary/aromatic N) is 2. The molecule has 18 heavy (non-hydrogen) atoms. The molecule has 0 spiro atoms. The summed E-state index contributed by atoms with van der Waals surface area (Å²) in [6, 6.07) is 8.41. The third kappa shape index (κ3) is 3.20. The van der Waals surface area contributed by atoms with E-state index in [-0.39, 0.29) is 6.04 Å². The number of halogens is 1. The Morgan fingerprint density at radius 3 is 2.83 bits per heavy atom. The van der Waals surface area contributed by atoms with Crippen molar-refractivity contribution in [2.45, 2.75) is 19.9 Å². The molecule has 0 amide bonds. The zero-order valence-electron chi connectivity index (χ0n) is 10.3. The zero-order valence-corrected chi connectivity index (χ0v) is 12.4. The highest BCUT2D eigenvalue weighted by Crippen LogP contribution is 2.22. The van der Waals surface area contributed by atoms with Gasteiger partial charge in [0.05, 0.1) is 11.7 Å². The average Bonchev–Trinajstić information content (AvgIpc) is 2.81. The Morgan fingerprint density at radius 1 is 1.33 bits per heavy atom. The van der Waals surface area contributed by atoms with E-state index in [0.717, 1.165) is 15.8 Å². The molecule has 0 aliphatic heterocycles. The van der Waals surface area contributed by atoms with Crippen LogP contribution in [0.4, 0.5) is 11.7 Å². The highest BCUT2D eigenvalue weighted by molar-refractivity contribution is 14.1. The SMILES string of the molecule is CCNC(C)c1nnc(Nc2ccccc2I)o1. The maximum absolute atomic E-state index is 5.56. The van der Waals surface area contributed by atoms with Crippen LogP contribution in [0.25, 0.3) is 0 Å². The first-order valence-electron chi connectivity index (χ1n) is 5.79. The number of aromatic nitrogens is 2. The lowest BCUT2D eigenvalue weighted by Crippen LogP contribution is -2.17. The number of anilines is 2. The van der Waals surface area contributed by atoms with Crippen LogP contribution in [0.2, 0.25) is 0 Å². The summed E-state index contributed by atoms with van der Waals surface area (Å²) in [6.07, 6.45) is 0. The van der Waals surface area contributed by atoms with Crippen LogP contribution in [0, 0.1) is 3.57 Å². The molecular weight excluding hydrogens is 343 g/mol. The molecule has 1 aromatic carbocycles. The van der Waals surface area contributed by atoms with Crippen molar-refractivity contribution in [3.63, 3.8) is 0 Å². The Kier molecular flexibility index (Phi) is 4.54. The van der Waals surface area contributed by atoms with Gasteiger partial charge >= 0.3 is 6.01 Å². The van der Waals surface area contributed by atoms with Gasteiger partial charge in [-0.15, -0.1) is 5.10 Å². The lowest BCUT2D eigenvalue weighted by atomic mass is 10.3. The summed E-state index contributed by atoms with van der Waals surface area (Å²) >= 11 is 2.26. The van der Waals surface area contributed by atoms with Gasteiger partial charge in [-0.2, -0.15) is 0 Å². The molecule has 1 aromatic heterocycles. The molecule has 0 fully saturated rings. The van der Waals surface area contributed by atoms with Gasteiger partial charge in [-0.1, -0.05) is 24.2 Å². The van der Waals surface area contributed by atoms with Gasteiger partial charge in [-0.3, -0.25) is 0 Å². The highest BCUT2D eigenvalue weighted by Gasteiger charge is 2.13. The Hall–Kier alpha value is -1.15. The van der Waals surface area contributed by atoms with E-state index >= 15 is 0 Å². The molecule has 1 atom stereocenters. The summed E-state index contributed by atoms with van der Waals surface area (Å²) in [7, 11) is 0. The molecule has 0 saturated heterocycles. The Morgan fingerprint density at radius 2 is 2.11 bits per heavy atom. The van der Waals surface area contributed by atoms with Crippen molar-refractivity contribution in [3.05, 3.63) is 33.7 Å². The first kappa shape index (κ1) is 13.3. The van der Waals surface area contributed by atoms with Crippen molar-refractivity contribution in [1.82, 2.24) is 15.5 Å². The van der Waals surface area contributed by atoms with Crippen LogP contribution in [0.15, 0.2) is 28.7 Å². The molecule has 2 aromatic rings. The number of para-hydroxylation sites is 1. The maximum Gasteiger partial charge on any atom is 0.320 e. The molecule has 0 bridgehead atoms. The quantitative estimate of drug-likeness (QED) is 0.805. The second kappa shape index (κ2) is 6.14. The lowest BCUT2D eigenvalue weighted by molar-refractivity contribution is 0.430. The van der Waals surface area contributed by atoms with Crippen molar-refractivity contribution in [2.75, 3.05) is 11.9 Å². The Labute approximate surface area is 120 Å². The van der Waals surface area contributed by atoms with Crippen molar-refractivity contribution >= 4 is 34.3 Å². The summed E-state index contributed by atoms with van der Waals surface area (Å²) in [4.78, 5) is 0. The largest absolute Gasteiger partial charge is 0.406 e. The van der Waals surface area contributed by atoms with E-state index < -0.39 is 0 Å². The van der Waals surface area contributed by atoms with E-state index in [4.69, 9.17) is 4.42 Å². The molecule has 0 aliphatic rings. The van der Waals surface area contributed by atoms with Gasteiger partial charge in [-0.05, 0) is 48.2 Å². The minimum atomic E-state index is 0.0629. The van der Waals surface area contributed by atoms with Crippen LogP contribution in [-0.2, 0) is 0 Å². The number of hydrogen-bond acceptors (Lipinski definition) is 5. The third-order valence-corrected chi connectivity index (χ3v) is 3.38. The zero-order chi connectivity index (χ0) is 13.0. The molecule has 1 heterocycles. The smallest absolute Gasteiger partial charge is 0.320 e. The predicted octanol–water partition coefficient (Wildman–Crippen LogP) is 3.09. The van der Waals surface area contributed by atoms with Crippen LogP contribution >= 0.6 is 22.6 Å². The minimum absolute atomic E-state index is 0.0629. The van der Waals surface area contributed by atoms with Crippen molar-refractivity contribution < 1.29 is 4.42 Å². The number of benzene rings is 1. The van der Waals surface area contributed by atoms with Gasteiger partial charge in [0.25, 0.3) is 0 Å². The van der Waals surface area contributed by atoms with Gasteiger partial charge < -0.3 is 15.1 Å². The first-order chi connectivity index (χ1) is 8.70. The van der Waals surface area contributed by atoms with E-state index in [1.807, 2.05) is 38.1 Å². The van der Waals surface area contributed by atoms with Crippen molar-refractivity contribution in [1.29, 1.82) is 0 Å². The van der Waals surface area contributed by atoms with Crippen molar-refractivity contribution in [3.8, 4) is 0 Å². The van der Waals surface area contributed by atoms with Crippen molar-refractivity contribution in [2.24, 2.45) is 0 Å². The van der Waals surface area contributed by atoms with Gasteiger partial charge in [0, 0.05) is 3.57 Å². The molecule has 6 heteroatoms. The fourth-order valence-corrected chi connectivity index (χ4v) is 2.05. The average molecular weight is 358 g/mol. The third-order valence-electron chi connectivity index (χ3n) is 2.44. The second-order valence-electron chi connectivity index (χ2n) is 3.83. The molecule has 2 N–H and O–H groups in total. The lowest BCUT2D eigenvalue weighted by Gasteiger charge is -2.06. The molecule has 5 nitrogen and oxygen atoms in total. The Bertz CT molecular complexity index is 514. The Balaban J connectivity index is 2.09. The molecular formula is C12H15IN4O. The van der Waals surface area contributed by atoms with Crippen LogP contribution in [-0.4, -0.2) is 16.7 Å². The van der Waals surface area contributed by atoms with Gasteiger partial charge in [0.2, 0.25) is 5.89 Å². The maximum atomic E-state index is 5.56. The van der Waals surface area contributed by atoms with E-state index in [0.29, 0.717) is 11.9 Å². The topological polar surface area (TPSA) is 63.0 Å². The number of hydrogen-bond donors (Lipinski definition) is 2. The molecule has 2 rings (SSSR count). The summed E-state index contributed by atoms with van der Waals surface area (Å²) in [5.41, 5.74) is 0.962. The van der Waals surface area contributed by atoms with Crippen LogP contribution in [0.5, 0.6) is 0 Å². The molecule has 0 radical (unpaired) electrons. The van der Waals surface area contributed by atoms with Gasteiger partial charge in [-0.25, -0.2) is 0 Å². The van der Waals surface area contributed by atoms with E-state index in [2.05, 4.69) is 43.4 Å². The van der Waals surface area contributed by atoms with E-state index in [1.54, 1.807) is 0 Å². The predicted molar refractivity (Wildman–Crippen MR) is 78.8 cm³/mol. The molecule has 0 aliphatic carbocycles. The molecule has 0 saturated carbocycles. The first-order valence-corrected chi connectivity index (χ1v) is 6.87. The van der Waals surface area contributed by atoms with Crippen LogP contribution < -0.4 is 10.6 Å². The second-order valence-corrected chi connectivity index (χ2v) is 4.99. The fraction of sp³-hybridized carbons (Fsp3) is 0.333. The summed E-state index contributed by atoms with van der Waals surface area (Å²) in [6.45, 7) is 4.90. The minimum Gasteiger partial charge on any atom is -0.406 e. The molecule has 96 valence electrons. The van der Waals surface area contributed by atoms with Gasteiger partial charge in [0.1, 0.15) is 0 Å². The standard InChI is InChI=1S/C12H15IN4O/c1-3-14-8(2)11-16-17-12(18-11)15-10-7-5-4-6-9(10)13/h4-8,14H,3H2,1-2H3,(H,15,17). The summed E-state index contributed by atoms with van der Waals surface area (Å²) in [5, 5.41) is 14.3. The normalized spacial score (nSPS) is 12.4. The summed E-state index contributed by atoms with van der Waals surface area (Å²) < 4.78 is 6.66.